The third-order valence-electron chi connectivity index (χ3n) is 4.92. The van der Waals surface area contributed by atoms with E-state index in [1.165, 1.54) is 0 Å². The van der Waals surface area contributed by atoms with E-state index in [1.807, 2.05) is 48.5 Å². The minimum absolute atomic E-state index is 0.264. The number of nitrogens with one attached hydrogen (secondary N) is 1. The molecule has 1 heterocycles. The number of carbonyl (C=O) groups excluding carboxylic acids is 2. The number of aromatic nitrogens is 1. The molecule has 2 aromatic carbocycles. The largest absolute Gasteiger partial charge is 0.456 e. The molecule has 0 aliphatic carbocycles. The van der Waals surface area contributed by atoms with Gasteiger partial charge in [-0.2, -0.15) is 0 Å². The fourth-order valence-corrected chi connectivity index (χ4v) is 4.42. The molecule has 1 N–H and O–H groups in total. The SMILES string of the molecule is CCN(c1ccc(NC(=O)COC(=O)CCCc2nc3ccccc3s2)cc1)C(C)C. The van der Waals surface area contributed by atoms with E-state index in [9.17, 15) is 9.59 Å². The number of hydrogen-bond donors (Lipinski definition) is 1. The lowest BCUT2D eigenvalue weighted by Crippen LogP contribution is -2.30. The summed E-state index contributed by atoms with van der Waals surface area (Å²) in [7, 11) is 0. The summed E-state index contributed by atoms with van der Waals surface area (Å²) in [6.45, 7) is 7.04. The molecular formula is C24H29N3O3S. The predicted molar refractivity (Wildman–Crippen MR) is 127 cm³/mol. The third kappa shape index (κ3) is 6.52. The van der Waals surface area contributed by atoms with Crippen molar-refractivity contribution < 1.29 is 14.3 Å². The van der Waals surface area contributed by atoms with E-state index in [2.05, 4.69) is 36.0 Å². The van der Waals surface area contributed by atoms with Crippen LogP contribution in [0.2, 0.25) is 0 Å². The van der Waals surface area contributed by atoms with Crippen LogP contribution in [-0.4, -0.2) is 36.1 Å². The van der Waals surface area contributed by atoms with Crippen LogP contribution in [0.25, 0.3) is 10.2 Å². The van der Waals surface area contributed by atoms with Gasteiger partial charge < -0.3 is 15.0 Å². The van der Waals surface area contributed by atoms with Crippen LogP contribution in [0.4, 0.5) is 11.4 Å². The summed E-state index contributed by atoms with van der Waals surface area (Å²) in [5.41, 5.74) is 2.77. The van der Waals surface area contributed by atoms with Crippen molar-refractivity contribution in [2.75, 3.05) is 23.4 Å². The summed E-state index contributed by atoms with van der Waals surface area (Å²) < 4.78 is 6.26. The summed E-state index contributed by atoms with van der Waals surface area (Å²) in [6.07, 6.45) is 1.63. The molecule has 1 amide bonds. The first kappa shape index (κ1) is 22.7. The molecule has 0 saturated heterocycles. The number of fused-ring (bicyclic) bond motifs is 1. The van der Waals surface area contributed by atoms with E-state index in [4.69, 9.17) is 4.74 Å². The van der Waals surface area contributed by atoms with Crippen molar-refractivity contribution >= 4 is 44.8 Å². The number of benzene rings is 2. The number of amides is 1. The molecule has 31 heavy (non-hydrogen) atoms. The number of para-hydroxylation sites is 1. The second kappa shape index (κ2) is 10.9. The molecule has 6 nitrogen and oxygen atoms in total. The molecule has 0 saturated carbocycles. The second-order valence-corrected chi connectivity index (χ2v) is 8.68. The molecule has 3 rings (SSSR count). The van der Waals surface area contributed by atoms with Crippen molar-refractivity contribution in [1.29, 1.82) is 0 Å². The Balaban J connectivity index is 1.38. The summed E-state index contributed by atoms with van der Waals surface area (Å²) in [6, 6.07) is 16.1. The smallest absolute Gasteiger partial charge is 0.306 e. The summed E-state index contributed by atoms with van der Waals surface area (Å²) in [5, 5.41) is 3.77. The Morgan fingerprint density at radius 1 is 1.13 bits per heavy atom. The Hall–Kier alpha value is -2.93. The maximum absolute atomic E-state index is 12.1. The molecule has 164 valence electrons. The topological polar surface area (TPSA) is 71.5 Å². The zero-order valence-corrected chi connectivity index (χ0v) is 19.1. The van der Waals surface area contributed by atoms with Crippen molar-refractivity contribution in [3.63, 3.8) is 0 Å². The van der Waals surface area contributed by atoms with Crippen LogP contribution < -0.4 is 10.2 Å². The number of esters is 1. The van der Waals surface area contributed by atoms with Gasteiger partial charge in [0, 0.05) is 30.4 Å². The summed E-state index contributed by atoms with van der Waals surface area (Å²) >= 11 is 1.64. The first-order chi connectivity index (χ1) is 15.0. The standard InChI is InChI=1S/C24H29N3O3S/c1-4-27(17(2)3)19-14-12-18(13-15-19)25-22(28)16-30-24(29)11-7-10-23-26-20-8-5-6-9-21(20)31-23/h5-6,8-9,12-15,17H,4,7,10-11,16H2,1-3H3,(H,25,28). The normalized spacial score (nSPS) is 11.0. The molecule has 0 fully saturated rings. The first-order valence-corrected chi connectivity index (χ1v) is 11.4. The van der Waals surface area contributed by atoms with Crippen molar-refractivity contribution in [3.05, 3.63) is 53.5 Å². The van der Waals surface area contributed by atoms with Crippen LogP contribution in [-0.2, 0) is 20.7 Å². The van der Waals surface area contributed by atoms with Gasteiger partial charge in [0.2, 0.25) is 0 Å². The third-order valence-corrected chi connectivity index (χ3v) is 6.02. The van der Waals surface area contributed by atoms with E-state index >= 15 is 0 Å². The van der Waals surface area contributed by atoms with Crippen LogP contribution in [0, 0.1) is 0 Å². The maximum Gasteiger partial charge on any atom is 0.306 e. The monoisotopic (exact) mass is 439 g/mol. The van der Waals surface area contributed by atoms with Gasteiger partial charge in [-0.15, -0.1) is 11.3 Å². The number of anilines is 2. The number of hydrogen-bond acceptors (Lipinski definition) is 6. The van der Waals surface area contributed by atoms with Crippen LogP contribution in [0.15, 0.2) is 48.5 Å². The van der Waals surface area contributed by atoms with Gasteiger partial charge in [0.15, 0.2) is 6.61 Å². The average Bonchev–Trinajstić information content (AvgIpc) is 3.16. The van der Waals surface area contributed by atoms with Crippen LogP contribution >= 0.6 is 11.3 Å². The molecule has 0 radical (unpaired) electrons. The van der Waals surface area contributed by atoms with Crippen LogP contribution in [0.5, 0.6) is 0 Å². The molecule has 0 aliphatic rings. The van der Waals surface area contributed by atoms with Crippen LogP contribution in [0.3, 0.4) is 0 Å². The fourth-order valence-electron chi connectivity index (χ4n) is 3.41. The highest BCUT2D eigenvalue weighted by molar-refractivity contribution is 7.18. The lowest BCUT2D eigenvalue weighted by Gasteiger charge is -2.27. The minimum atomic E-state index is -0.373. The maximum atomic E-state index is 12.1. The van der Waals surface area contributed by atoms with Gasteiger partial charge in [0.05, 0.1) is 15.2 Å². The van der Waals surface area contributed by atoms with Gasteiger partial charge in [-0.25, -0.2) is 4.98 Å². The van der Waals surface area contributed by atoms with Crippen molar-refractivity contribution in [2.24, 2.45) is 0 Å². The number of ether oxygens (including phenoxy) is 1. The Morgan fingerprint density at radius 3 is 2.55 bits per heavy atom. The molecule has 0 spiro atoms. The molecule has 7 heteroatoms. The highest BCUT2D eigenvalue weighted by Gasteiger charge is 2.11. The highest BCUT2D eigenvalue weighted by Crippen LogP contribution is 2.23. The van der Waals surface area contributed by atoms with E-state index in [0.717, 1.165) is 33.9 Å². The fraction of sp³-hybridized carbons (Fsp3) is 0.375. The lowest BCUT2D eigenvalue weighted by atomic mass is 10.2. The predicted octanol–water partition coefficient (Wildman–Crippen LogP) is 5.04. The number of nitrogens with zero attached hydrogens (tertiary/aromatic N) is 2. The Labute approximate surface area is 187 Å². The Kier molecular flexibility index (Phi) is 8.00. The van der Waals surface area contributed by atoms with E-state index < -0.39 is 0 Å². The Bertz CT molecular complexity index is 981. The molecule has 1 aromatic heterocycles. The summed E-state index contributed by atoms with van der Waals surface area (Å²) in [4.78, 5) is 30.9. The van der Waals surface area contributed by atoms with Gasteiger partial charge in [0.25, 0.3) is 5.91 Å². The number of aryl methyl sites for hydroxylation is 1. The van der Waals surface area contributed by atoms with E-state index in [1.54, 1.807) is 11.3 Å². The van der Waals surface area contributed by atoms with Crippen molar-refractivity contribution in [1.82, 2.24) is 4.98 Å². The van der Waals surface area contributed by atoms with Gasteiger partial charge >= 0.3 is 5.97 Å². The molecule has 0 aliphatic heterocycles. The van der Waals surface area contributed by atoms with Gasteiger partial charge in [-0.3, -0.25) is 9.59 Å². The molecular weight excluding hydrogens is 410 g/mol. The molecule has 3 aromatic rings. The Morgan fingerprint density at radius 2 is 1.87 bits per heavy atom. The molecule has 0 bridgehead atoms. The highest BCUT2D eigenvalue weighted by atomic mass is 32.1. The van der Waals surface area contributed by atoms with Crippen molar-refractivity contribution in [3.8, 4) is 0 Å². The van der Waals surface area contributed by atoms with Crippen LogP contribution in [0.1, 0.15) is 38.6 Å². The van der Waals surface area contributed by atoms with Gasteiger partial charge in [-0.1, -0.05) is 12.1 Å². The second-order valence-electron chi connectivity index (χ2n) is 7.56. The minimum Gasteiger partial charge on any atom is -0.456 e. The zero-order valence-electron chi connectivity index (χ0n) is 18.3. The lowest BCUT2D eigenvalue weighted by molar-refractivity contribution is -0.147. The summed E-state index contributed by atoms with van der Waals surface area (Å²) in [5.74, 6) is -0.717. The van der Waals surface area contributed by atoms with Gasteiger partial charge in [-0.05, 0) is 70.0 Å². The number of carbonyl (C=O) groups is 2. The zero-order chi connectivity index (χ0) is 22.2. The quantitative estimate of drug-likeness (QED) is 0.448. The molecule has 0 unspecified atom stereocenters. The molecule has 0 atom stereocenters. The van der Waals surface area contributed by atoms with E-state index in [0.29, 0.717) is 18.2 Å². The van der Waals surface area contributed by atoms with E-state index in [-0.39, 0.29) is 24.9 Å². The first-order valence-electron chi connectivity index (χ1n) is 10.6. The number of thiazole rings is 1. The number of rotatable bonds is 10. The van der Waals surface area contributed by atoms with Crippen molar-refractivity contribution in [2.45, 2.75) is 46.1 Å². The average molecular weight is 440 g/mol. The van der Waals surface area contributed by atoms with Gasteiger partial charge in [0.1, 0.15) is 0 Å².